The molecule has 0 bridgehead atoms. The van der Waals surface area contributed by atoms with Crippen molar-refractivity contribution in [2.45, 2.75) is 32.1 Å². The highest BCUT2D eigenvalue weighted by Gasteiger charge is 2.35. The van der Waals surface area contributed by atoms with Crippen LogP contribution < -0.4 is 10.9 Å². The maximum absolute atomic E-state index is 13.1. The van der Waals surface area contributed by atoms with Crippen LogP contribution in [0.1, 0.15) is 41.4 Å². The van der Waals surface area contributed by atoms with Crippen LogP contribution in [0.5, 0.6) is 0 Å². The number of pyridine rings is 2. The zero-order chi connectivity index (χ0) is 22.0. The minimum absolute atomic E-state index is 0.162. The summed E-state index contributed by atoms with van der Waals surface area (Å²) in [6.45, 7) is 1.99. The molecule has 1 N–H and O–H groups in total. The second-order valence-electron chi connectivity index (χ2n) is 5.95. The Labute approximate surface area is 165 Å². The third-order valence-electron chi connectivity index (χ3n) is 3.79. The second-order valence-corrected chi connectivity index (χ2v) is 6.36. The lowest BCUT2D eigenvalue weighted by Crippen LogP contribution is -2.30. The summed E-state index contributed by atoms with van der Waals surface area (Å²) in [4.78, 5) is 28.0. The first-order valence-electron chi connectivity index (χ1n) is 8.21. The van der Waals surface area contributed by atoms with Crippen LogP contribution in [0, 0.1) is 0 Å². The number of nitrogens with zero attached hydrogens (tertiary/aromatic N) is 2. The van der Waals surface area contributed by atoms with E-state index in [1.54, 1.807) is 0 Å². The van der Waals surface area contributed by atoms with Crippen molar-refractivity contribution < 1.29 is 31.1 Å². The molecule has 0 unspecified atom stereocenters. The Balaban J connectivity index is 2.73. The topological polar surface area (TPSA) is 64.0 Å². The molecular weight excluding hydrogens is 428 g/mol. The van der Waals surface area contributed by atoms with Gasteiger partial charge >= 0.3 is 12.4 Å². The van der Waals surface area contributed by atoms with E-state index in [9.17, 15) is 35.9 Å². The van der Waals surface area contributed by atoms with Crippen LogP contribution in [-0.2, 0) is 12.4 Å². The Hall–Kier alpha value is -2.56. The van der Waals surface area contributed by atoms with Crippen molar-refractivity contribution in [3.05, 3.63) is 56.7 Å². The molecule has 1 amide bonds. The number of hydrogen-bond donors (Lipinski definition) is 1. The van der Waals surface area contributed by atoms with E-state index in [1.165, 1.54) is 0 Å². The highest BCUT2D eigenvalue weighted by molar-refractivity contribution is 6.30. The zero-order valence-corrected chi connectivity index (χ0v) is 15.5. The van der Waals surface area contributed by atoms with Crippen molar-refractivity contribution in [2.24, 2.45) is 0 Å². The van der Waals surface area contributed by atoms with Gasteiger partial charge in [0.2, 0.25) is 0 Å². The quantitative estimate of drug-likeness (QED) is 0.550. The smallest absolute Gasteiger partial charge is 0.351 e. The maximum atomic E-state index is 13.1. The fraction of sp³-hybridized carbons (Fsp3) is 0.353. The molecule has 2 rings (SSSR count). The molecule has 2 heterocycles. The summed E-state index contributed by atoms with van der Waals surface area (Å²) in [5.74, 6) is -0.942. The van der Waals surface area contributed by atoms with Gasteiger partial charge in [-0.05, 0) is 18.6 Å². The number of hydrogen-bond acceptors (Lipinski definition) is 3. The van der Waals surface area contributed by atoms with Gasteiger partial charge in [0.25, 0.3) is 11.5 Å². The number of carbonyl (C=O) groups excluding carboxylic acids is 1. The van der Waals surface area contributed by atoms with E-state index >= 15 is 0 Å². The van der Waals surface area contributed by atoms with Crippen molar-refractivity contribution in [3.63, 3.8) is 0 Å². The van der Waals surface area contributed by atoms with Crippen molar-refractivity contribution in [2.75, 3.05) is 6.54 Å². The van der Waals surface area contributed by atoms with Gasteiger partial charge in [-0.25, -0.2) is 4.98 Å². The number of unbranched alkanes of at least 4 members (excludes halogenated alkanes) is 1. The molecule has 0 aliphatic rings. The van der Waals surface area contributed by atoms with Gasteiger partial charge in [0.05, 0.1) is 16.8 Å². The normalized spacial score (nSPS) is 12.1. The number of aromatic nitrogens is 2. The Morgan fingerprint density at radius 1 is 1.14 bits per heavy atom. The van der Waals surface area contributed by atoms with Crippen molar-refractivity contribution in [1.29, 1.82) is 0 Å². The first-order valence-corrected chi connectivity index (χ1v) is 8.59. The minimum atomic E-state index is -4.93. The van der Waals surface area contributed by atoms with Gasteiger partial charge in [-0.1, -0.05) is 24.9 Å². The lowest BCUT2D eigenvalue weighted by atomic mass is 10.1. The van der Waals surface area contributed by atoms with Gasteiger partial charge in [0.1, 0.15) is 5.02 Å². The van der Waals surface area contributed by atoms with Crippen LogP contribution in [0.2, 0.25) is 5.02 Å². The predicted molar refractivity (Wildman–Crippen MR) is 92.1 cm³/mol. The molecule has 0 aromatic carbocycles. The Morgan fingerprint density at radius 2 is 1.76 bits per heavy atom. The number of alkyl halides is 6. The van der Waals surface area contributed by atoms with Crippen LogP contribution in [0.25, 0.3) is 5.69 Å². The van der Waals surface area contributed by atoms with Crippen LogP contribution in [-0.4, -0.2) is 22.0 Å². The van der Waals surface area contributed by atoms with Gasteiger partial charge in [0.15, 0.2) is 5.69 Å². The molecule has 0 aliphatic heterocycles. The largest absolute Gasteiger partial charge is 0.417 e. The van der Waals surface area contributed by atoms with E-state index in [0.29, 0.717) is 31.2 Å². The number of rotatable bonds is 5. The lowest BCUT2D eigenvalue weighted by molar-refractivity contribution is -0.138. The number of carbonyl (C=O) groups is 1. The monoisotopic (exact) mass is 441 g/mol. The first kappa shape index (κ1) is 22.7. The summed E-state index contributed by atoms with van der Waals surface area (Å²) in [5, 5.41) is 1.51. The molecule has 0 fully saturated rings. The van der Waals surface area contributed by atoms with Crippen molar-refractivity contribution in [3.8, 4) is 5.69 Å². The second kappa shape index (κ2) is 8.44. The summed E-state index contributed by atoms with van der Waals surface area (Å²) in [6, 6.07) is 0.724. The minimum Gasteiger partial charge on any atom is -0.351 e. The van der Waals surface area contributed by atoms with Crippen molar-refractivity contribution >= 4 is 17.5 Å². The Kier molecular flexibility index (Phi) is 6.61. The van der Waals surface area contributed by atoms with Crippen LogP contribution >= 0.6 is 11.6 Å². The standard InChI is InChI=1S/C17H14ClF6N3O2/c1-2-3-4-25-14(28)13-12(6-9(7-26-13)16(19,20)21)27-8-10(17(22,23)24)5-11(18)15(27)29/h5-8H,2-4H2,1H3,(H,25,28). The molecule has 2 aromatic rings. The average Bonchev–Trinajstić information content (AvgIpc) is 2.61. The van der Waals surface area contributed by atoms with Crippen LogP contribution in [0.3, 0.4) is 0 Å². The summed E-state index contributed by atoms with van der Waals surface area (Å²) < 4.78 is 78.7. The Morgan fingerprint density at radius 3 is 2.31 bits per heavy atom. The molecule has 0 atom stereocenters. The van der Waals surface area contributed by atoms with E-state index in [4.69, 9.17) is 11.6 Å². The molecule has 158 valence electrons. The SMILES string of the molecule is CCCCNC(=O)c1ncc(C(F)(F)F)cc1-n1cc(C(F)(F)F)cc(Cl)c1=O. The predicted octanol–water partition coefficient (Wildman–Crippen LogP) is 4.45. The lowest BCUT2D eigenvalue weighted by Gasteiger charge is -2.16. The molecule has 0 spiro atoms. The first-order chi connectivity index (χ1) is 13.4. The van der Waals surface area contributed by atoms with E-state index in [0.717, 1.165) is 0 Å². The van der Waals surface area contributed by atoms with Gasteiger partial charge in [-0.15, -0.1) is 0 Å². The summed E-state index contributed by atoms with van der Waals surface area (Å²) in [5.41, 5.74) is -5.38. The van der Waals surface area contributed by atoms with E-state index in [2.05, 4.69) is 10.3 Å². The van der Waals surface area contributed by atoms with Gasteiger partial charge in [0, 0.05) is 18.9 Å². The third kappa shape index (κ3) is 5.28. The molecule has 2 aromatic heterocycles. The molecule has 12 heteroatoms. The van der Waals surface area contributed by atoms with Gasteiger partial charge in [-0.3, -0.25) is 14.2 Å². The van der Waals surface area contributed by atoms with E-state index < -0.39 is 51.3 Å². The summed E-state index contributed by atoms with van der Waals surface area (Å²) in [6.07, 6.45) is -7.95. The molecule has 0 saturated carbocycles. The fourth-order valence-electron chi connectivity index (χ4n) is 2.31. The maximum Gasteiger partial charge on any atom is 0.417 e. The van der Waals surface area contributed by atoms with Gasteiger partial charge < -0.3 is 5.32 Å². The molecule has 5 nitrogen and oxygen atoms in total. The molecule has 0 radical (unpaired) electrons. The van der Waals surface area contributed by atoms with E-state index in [1.807, 2.05) is 6.92 Å². The average molecular weight is 442 g/mol. The third-order valence-corrected chi connectivity index (χ3v) is 4.06. The van der Waals surface area contributed by atoms with Crippen molar-refractivity contribution in [1.82, 2.24) is 14.9 Å². The number of amides is 1. The van der Waals surface area contributed by atoms with Crippen LogP contribution in [0.15, 0.2) is 29.3 Å². The highest BCUT2D eigenvalue weighted by atomic mass is 35.5. The molecule has 29 heavy (non-hydrogen) atoms. The Bertz CT molecular complexity index is 969. The number of halogens is 7. The van der Waals surface area contributed by atoms with E-state index in [-0.39, 0.29) is 17.3 Å². The summed E-state index contributed by atoms with van der Waals surface area (Å²) >= 11 is 5.56. The van der Waals surface area contributed by atoms with Crippen LogP contribution in [0.4, 0.5) is 26.3 Å². The molecule has 0 aliphatic carbocycles. The number of nitrogens with one attached hydrogen (secondary N) is 1. The summed E-state index contributed by atoms with van der Waals surface area (Å²) in [7, 11) is 0. The van der Waals surface area contributed by atoms with Gasteiger partial charge in [-0.2, -0.15) is 26.3 Å². The molecule has 0 saturated heterocycles. The highest BCUT2D eigenvalue weighted by Crippen LogP contribution is 2.33. The zero-order valence-electron chi connectivity index (χ0n) is 14.8. The fourth-order valence-corrected chi connectivity index (χ4v) is 2.52. The molecular formula is C17H14ClF6N3O2.